The molecule has 0 fully saturated rings. The van der Waals surface area contributed by atoms with Gasteiger partial charge in [0.05, 0.1) is 17.0 Å². The second-order valence-electron chi connectivity index (χ2n) is 7.00. The van der Waals surface area contributed by atoms with Crippen LogP contribution in [0, 0.1) is 6.92 Å². The molecule has 142 valence electrons. The van der Waals surface area contributed by atoms with E-state index in [2.05, 4.69) is 4.98 Å². The summed E-state index contributed by atoms with van der Waals surface area (Å²) in [4.78, 5) is 32.7. The number of carbonyl (C=O) groups is 1. The summed E-state index contributed by atoms with van der Waals surface area (Å²) in [5.74, 6) is 0.0886. The molecule has 0 spiro atoms. The Hall–Kier alpha value is -3.44. The molecule has 5 nitrogen and oxygen atoms in total. The number of fused-ring (bicyclic) bond motifs is 2. The van der Waals surface area contributed by atoms with E-state index in [9.17, 15) is 9.59 Å². The lowest BCUT2D eigenvalue weighted by molar-refractivity contribution is 0.0970. The molecule has 1 atom stereocenters. The second-order valence-corrected chi connectivity index (χ2v) is 7.43. The molecular weight excluding hydrogens is 388 g/mol. The maximum Gasteiger partial charge on any atom is 0.296 e. The van der Waals surface area contributed by atoms with Gasteiger partial charge >= 0.3 is 0 Å². The standard InChI is InChI=1S/C23H15ClN2O3/c1-13-9-10-18(25-12-13)26-20(14-5-4-6-15(24)11-14)19-21(27)16-7-2-3-8-17(16)29-22(19)23(26)28/h2-12,20H,1H3/t20-/m0/s1. The molecule has 1 aliphatic rings. The Morgan fingerprint density at radius 1 is 1.03 bits per heavy atom. The highest BCUT2D eigenvalue weighted by molar-refractivity contribution is 6.30. The van der Waals surface area contributed by atoms with Crippen LogP contribution in [0.1, 0.15) is 33.3 Å². The maximum atomic E-state index is 13.4. The van der Waals surface area contributed by atoms with Crippen LogP contribution in [0.5, 0.6) is 0 Å². The normalized spacial score (nSPS) is 15.7. The lowest BCUT2D eigenvalue weighted by Crippen LogP contribution is -2.30. The van der Waals surface area contributed by atoms with Crippen molar-refractivity contribution in [2.24, 2.45) is 0 Å². The molecule has 2 aromatic carbocycles. The Labute approximate surface area is 171 Å². The predicted octanol–water partition coefficient (Wildman–Crippen LogP) is 4.90. The Bertz CT molecular complexity index is 1330. The molecule has 0 unspecified atom stereocenters. The molecule has 4 aromatic rings. The number of aromatic nitrogens is 1. The Balaban J connectivity index is 1.82. The number of nitrogens with zero attached hydrogens (tertiary/aromatic N) is 2. The molecule has 0 radical (unpaired) electrons. The minimum atomic E-state index is -0.674. The Morgan fingerprint density at radius 3 is 2.62 bits per heavy atom. The summed E-state index contributed by atoms with van der Waals surface area (Å²) < 4.78 is 5.90. The van der Waals surface area contributed by atoms with E-state index < -0.39 is 11.9 Å². The van der Waals surface area contributed by atoms with Gasteiger partial charge in [0, 0.05) is 11.2 Å². The largest absolute Gasteiger partial charge is 0.450 e. The number of carbonyl (C=O) groups excluding carboxylic acids is 1. The van der Waals surface area contributed by atoms with Crippen LogP contribution in [-0.2, 0) is 0 Å². The number of hydrogen-bond acceptors (Lipinski definition) is 4. The second kappa shape index (κ2) is 6.57. The van der Waals surface area contributed by atoms with Gasteiger partial charge in [0.2, 0.25) is 5.76 Å². The average molecular weight is 403 g/mol. The van der Waals surface area contributed by atoms with E-state index in [1.807, 2.05) is 19.1 Å². The molecule has 6 heteroatoms. The number of hydrogen-bond donors (Lipinski definition) is 0. The van der Waals surface area contributed by atoms with Gasteiger partial charge in [0.15, 0.2) is 5.43 Å². The maximum absolute atomic E-state index is 13.4. The van der Waals surface area contributed by atoms with E-state index in [1.54, 1.807) is 54.7 Å². The van der Waals surface area contributed by atoms with Crippen molar-refractivity contribution < 1.29 is 9.21 Å². The number of amides is 1. The minimum Gasteiger partial charge on any atom is -0.450 e. The molecule has 0 saturated carbocycles. The van der Waals surface area contributed by atoms with Crippen LogP contribution in [0.3, 0.4) is 0 Å². The lowest BCUT2D eigenvalue weighted by Gasteiger charge is -2.24. The van der Waals surface area contributed by atoms with Crippen LogP contribution in [0.4, 0.5) is 5.82 Å². The third-order valence-corrected chi connectivity index (χ3v) is 5.32. The monoisotopic (exact) mass is 402 g/mol. The van der Waals surface area contributed by atoms with Gasteiger partial charge < -0.3 is 4.42 Å². The average Bonchev–Trinajstić information content (AvgIpc) is 3.02. The van der Waals surface area contributed by atoms with Gasteiger partial charge in [-0.05, 0) is 48.4 Å². The van der Waals surface area contributed by atoms with Crippen LogP contribution in [-0.4, -0.2) is 10.9 Å². The first-order chi connectivity index (χ1) is 14.0. The van der Waals surface area contributed by atoms with Crippen LogP contribution in [0.2, 0.25) is 5.02 Å². The molecule has 1 amide bonds. The summed E-state index contributed by atoms with van der Waals surface area (Å²) in [6.45, 7) is 1.92. The van der Waals surface area contributed by atoms with E-state index in [0.29, 0.717) is 27.4 Å². The SMILES string of the molecule is Cc1ccc(N2C(=O)c3oc4ccccc4c(=O)c3[C@@H]2c2cccc(Cl)c2)nc1. The topological polar surface area (TPSA) is 63.4 Å². The number of para-hydroxylation sites is 1. The molecular formula is C23H15ClN2O3. The van der Waals surface area contributed by atoms with E-state index >= 15 is 0 Å². The molecule has 0 N–H and O–H groups in total. The van der Waals surface area contributed by atoms with Crippen LogP contribution >= 0.6 is 11.6 Å². The summed E-state index contributed by atoms with van der Waals surface area (Å²) in [6, 6.07) is 17.0. The Kier molecular flexibility index (Phi) is 4.00. The van der Waals surface area contributed by atoms with Crippen molar-refractivity contribution in [3.8, 4) is 0 Å². The fraction of sp³-hybridized carbons (Fsp3) is 0.0870. The molecule has 0 bridgehead atoms. The fourth-order valence-electron chi connectivity index (χ4n) is 3.75. The molecule has 2 aromatic heterocycles. The number of anilines is 1. The predicted molar refractivity (Wildman–Crippen MR) is 112 cm³/mol. The number of aryl methyl sites for hydroxylation is 1. The molecule has 0 saturated heterocycles. The highest BCUT2D eigenvalue weighted by Crippen LogP contribution is 2.40. The van der Waals surface area contributed by atoms with E-state index in [1.165, 1.54) is 4.90 Å². The zero-order valence-electron chi connectivity index (χ0n) is 15.4. The van der Waals surface area contributed by atoms with Crippen molar-refractivity contribution >= 4 is 34.3 Å². The lowest BCUT2D eigenvalue weighted by atomic mass is 9.98. The first-order valence-corrected chi connectivity index (χ1v) is 9.50. The van der Waals surface area contributed by atoms with Crippen molar-refractivity contribution in [2.75, 3.05) is 4.90 Å². The summed E-state index contributed by atoms with van der Waals surface area (Å²) in [5.41, 5.74) is 2.15. The Morgan fingerprint density at radius 2 is 1.86 bits per heavy atom. The zero-order valence-corrected chi connectivity index (χ0v) is 16.2. The number of benzene rings is 2. The van der Waals surface area contributed by atoms with Gasteiger partial charge in [-0.25, -0.2) is 4.98 Å². The summed E-state index contributed by atoms with van der Waals surface area (Å²) >= 11 is 6.22. The fourth-order valence-corrected chi connectivity index (χ4v) is 3.95. The smallest absolute Gasteiger partial charge is 0.296 e. The molecule has 3 heterocycles. The van der Waals surface area contributed by atoms with Crippen LogP contribution in [0.25, 0.3) is 11.0 Å². The van der Waals surface area contributed by atoms with E-state index in [4.69, 9.17) is 16.0 Å². The van der Waals surface area contributed by atoms with Crippen molar-refractivity contribution in [1.82, 2.24) is 4.98 Å². The van der Waals surface area contributed by atoms with Crippen LogP contribution in [0.15, 0.2) is 76.1 Å². The van der Waals surface area contributed by atoms with Gasteiger partial charge in [0.1, 0.15) is 11.4 Å². The minimum absolute atomic E-state index is 0.0426. The number of pyridine rings is 1. The number of rotatable bonds is 2. The zero-order chi connectivity index (χ0) is 20.1. The van der Waals surface area contributed by atoms with Crippen molar-refractivity contribution in [2.45, 2.75) is 13.0 Å². The quantitative estimate of drug-likeness (QED) is 0.478. The van der Waals surface area contributed by atoms with Crippen molar-refractivity contribution in [3.63, 3.8) is 0 Å². The third kappa shape index (κ3) is 2.74. The summed E-state index contributed by atoms with van der Waals surface area (Å²) in [5, 5.41) is 0.954. The summed E-state index contributed by atoms with van der Waals surface area (Å²) in [7, 11) is 0. The molecule has 0 aliphatic carbocycles. The van der Waals surface area contributed by atoms with Crippen molar-refractivity contribution in [1.29, 1.82) is 0 Å². The first-order valence-electron chi connectivity index (χ1n) is 9.12. The van der Waals surface area contributed by atoms with Gasteiger partial charge in [-0.15, -0.1) is 0 Å². The molecule has 1 aliphatic heterocycles. The first kappa shape index (κ1) is 17.6. The molecule has 29 heavy (non-hydrogen) atoms. The van der Waals surface area contributed by atoms with E-state index in [-0.39, 0.29) is 11.2 Å². The highest BCUT2D eigenvalue weighted by atomic mass is 35.5. The van der Waals surface area contributed by atoms with Gasteiger partial charge in [-0.2, -0.15) is 0 Å². The highest BCUT2D eigenvalue weighted by Gasteiger charge is 2.44. The van der Waals surface area contributed by atoms with Gasteiger partial charge in [0.25, 0.3) is 5.91 Å². The van der Waals surface area contributed by atoms with Crippen molar-refractivity contribution in [3.05, 3.63) is 105 Å². The third-order valence-electron chi connectivity index (χ3n) is 5.08. The molecule has 5 rings (SSSR count). The van der Waals surface area contributed by atoms with Gasteiger partial charge in [-0.3, -0.25) is 14.5 Å². The van der Waals surface area contributed by atoms with Crippen LogP contribution < -0.4 is 10.3 Å². The van der Waals surface area contributed by atoms with Gasteiger partial charge in [-0.1, -0.05) is 41.9 Å². The number of halogens is 1. The van der Waals surface area contributed by atoms with E-state index in [0.717, 1.165) is 11.1 Å². The summed E-state index contributed by atoms with van der Waals surface area (Å²) in [6.07, 6.45) is 1.69.